The van der Waals surface area contributed by atoms with Crippen LogP contribution in [-0.2, 0) is 4.79 Å². The van der Waals surface area contributed by atoms with Crippen molar-refractivity contribution in [3.8, 4) is 0 Å². The standard InChI is InChI=1S/C11H17F3N4OS2/c1-6(2)4-15-8(19)7(3)20-10-18-17-9(21-10)16-5-11(12,13)14/h6-7H,4-5H2,1-3H3,(H,15,19)(H,16,17)/t7-/m0/s1. The molecule has 1 rings (SSSR count). The number of nitrogens with zero attached hydrogens (tertiary/aromatic N) is 2. The number of hydrogen-bond donors (Lipinski definition) is 2. The molecule has 0 aliphatic rings. The minimum absolute atomic E-state index is 0.0876. The van der Waals surface area contributed by atoms with Gasteiger partial charge >= 0.3 is 6.18 Å². The Morgan fingerprint density at radius 1 is 1.33 bits per heavy atom. The van der Waals surface area contributed by atoms with Crippen LogP contribution in [0.1, 0.15) is 20.8 Å². The van der Waals surface area contributed by atoms with Gasteiger partial charge in [0, 0.05) is 6.54 Å². The first-order valence-electron chi connectivity index (χ1n) is 6.26. The number of anilines is 1. The molecule has 1 heterocycles. The summed E-state index contributed by atoms with van der Waals surface area (Å²) < 4.78 is 36.6. The van der Waals surface area contributed by atoms with Gasteiger partial charge in [0.15, 0.2) is 4.34 Å². The fraction of sp³-hybridized carbons (Fsp3) is 0.727. The predicted molar refractivity (Wildman–Crippen MR) is 77.6 cm³/mol. The molecule has 1 aromatic heterocycles. The van der Waals surface area contributed by atoms with Crippen LogP contribution in [-0.4, -0.2) is 40.6 Å². The van der Waals surface area contributed by atoms with Crippen molar-refractivity contribution in [2.24, 2.45) is 5.92 Å². The molecule has 5 nitrogen and oxygen atoms in total. The number of nitrogens with one attached hydrogen (secondary N) is 2. The molecule has 0 fully saturated rings. The highest BCUT2D eigenvalue weighted by Crippen LogP contribution is 2.29. The Bertz CT molecular complexity index is 465. The van der Waals surface area contributed by atoms with E-state index in [4.69, 9.17) is 0 Å². The van der Waals surface area contributed by atoms with E-state index in [9.17, 15) is 18.0 Å². The molecule has 1 aromatic rings. The molecule has 1 atom stereocenters. The lowest BCUT2D eigenvalue weighted by molar-refractivity contribution is -0.120. The molecule has 0 aromatic carbocycles. The number of carbonyl (C=O) groups is 1. The lowest BCUT2D eigenvalue weighted by Gasteiger charge is -2.11. The summed E-state index contributed by atoms with van der Waals surface area (Å²) >= 11 is 2.16. The Morgan fingerprint density at radius 2 is 2.00 bits per heavy atom. The average Bonchev–Trinajstić information content (AvgIpc) is 2.80. The van der Waals surface area contributed by atoms with Gasteiger partial charge in [-0.2, -0.15) is 13.2 Å². The Labute approximate surface area is 129 Å². The lowest BCUT2D eigenvalue weighted by atomic mass is 10.2. The number of aromatic nitrogens is 2. The van der Waals surface area contributed by atoms with Gasteiger partial charge in [-0.1, -0.05) is 36.9 Å². The third-order valence-electron chi connectivity index (χ3n) is 2.18. The van der Waals surface area contributed by atoms with Gasteiger partial charge in [0.25, 0.3) is 0 Å². The molecular formula is C11H17F3N4OS2. The number of thioether (sulfide) groups is 1. The van der Waals surface area contributed by atoms with Crippen LogP contribution in [0.25, 0.3) is 0 Å². The molecule has 0 unspecified atom stereocenters. The lowest BCUT2D eigenvalue weighted by Crippen LogP contribution is -2.33. The highest BCUT2D eigenvalue weighted by atomic mass is 32.2. The van der Waals surface area contributed by atoms with Crippen LogP contribution in [0.15, 0.2) is 4.34 Å². The molecule has 0 aliphatic carbocycles. The minimum Gasteiger partial charge on any atom is -0.355 e. The molecule has 0 saturated carbocycles. The van der Waals surface area contributed by atoms with E-state index in [1.54, 1.807) is 6.92 Å². The number of amides is 1. The zero-order valence-corrected chi connectivity index (χ0v) is 13.5. The van der Waals surface area contributed by atoms with Gasteiger partial charge in [0.2, 0.25) is 11.0 Å². The van der Waals surface area contributed by atoms with Crippen molar-refractivity contribution in [1.82, 2.24) is 15.5 Å². The normalized spacial score (nSPS) is 13.3. The summed E-state index contributed by atoms with van der Waals surface area (Å²) in [5.74, 6) is 0.222. The summed E-state index contributed by atoms with van der Waals surface area (Å²) in [5, 5.41) is 12.0. The van der Waals surface area contributed by atoms with E-state index in [0.29, 0.717) is 16.8 Å². The van der Waals surface area contributed by atoms with E-state index in [0.717, 1.165) is 11.3 Å². The van der Waals surface area contributed by atoms with Gasteiger partial charge in [0.1, 0.15) is 6.54 Å². The van der Waals surface area contributed by atoms with E-state index >= 15 is 0 Å². The van der Waals surface area contributed by atoms with Crippen molar-refractivity contribution < 1.29 is 18.0 Å². The van der Waals surface area contributed by atoms with Gasteiger partial charge in [-0.25, -0.2) is 0 Å². The topological polar surface area (TPSA) is 66.9 Å². The minimum atomic E-state index is -4.30. The zero-order valence-electron chi connectivity index (χ0n) is 11.8. The van der Waals surface area contributed by atoms with Gasteiger partial charge in [-0.15, -0.1) is 10.2 Å². The van der Waals surface area contributed by atoms with Crippen LogP contribution < -0.4 is 10.6 Å². The molecule has 0 aliphatic heterocycles. The van der Waals surface area contributed by atoms with Crippen molar-refractivity contribution in [2.45, 2.75) is 36.5 Å². The average molecular weight is 342 g/mol. The van der Waals surface area contributed by atoms with E-state index in [1.165, 1.54) is 11.8 Å². The number of carbonyl (C=O) groups excluding carboxylic acids is 1. The molecule has 0 spiro atoms. The Kier molecular flexibility index (Phi) is 6.72. The summed E-state index contributed by atoms with van der Waals surface area (Å²) in [4.78, 5) is 11.8. The van der Waals surface area contributed by atoms with Crippen LogP contribution in [0.2, 0.25) is 0 Å². The smallest absolute Gasteiger partial charge is 0.355 e. The largest absolute Gasteiger partial charge is 0.405 e. The quantitative estimate of drug-likeness (QED) is 0.746. The number of halogens is 3. The van der Waals surface area contributed by atoms with E-state index in [1.807, 2.05) is 13.8 Å². The SMILES string of the molecule is CC(C)CNC(=O)[C@H](C)Sc1nnc(NCC(F)(F)F)s1. The monoisotopic (exact) mass is 342 g/mol. The Hall–Kier alpha value is -1.03. The molecular weight excluding hydrogens is 325 g/mol. The maximum absolute atomic E-state index is 12.0. The molecule has 2 N–H and O–H groups in total. The molecule has 0 radical (unpaired) electrons. The number of hydrogen-bond acceptors (Lipinski definition) is 6. The molecule has 10 heteroatoms. The van der Waals surface area contributed by atoms with Gasteiger partial charge in [-0.05, 0) is 12.8 Å². The summed E-state index contributed by atoms with van der Waals surface area (Å²) in [6, 6.07) is 0. The second-order valence-electron chi connectivity index (χ2n) is 4.74. The maximum Gasteiger partial charge on any atom is 0.405 e. The first kappa shape index (κ1) is 18.0. The van der Waals surface area contributed by atoms with Crippen LogP contribution in [0.4, 0.5) is 18.3 Å². The third kappa shape index (κ3) is 7.51. The fourth-order valence-electron chi connectivity index (χ4n) is 1.16. The van der Waals surface area contributed by atoms with Crippen molar-refractivity contribution >= 4 is 34.1 Å². The second-order valence-corrected chi connectivity index (χ2v) is 7.31. The fourth-order valence-corrected chi connectivity index (χ4v) is 3.07. The van der Waals surface area contributed by atoms with Gasteiger partial charge < -0.3 is 10.6 Å². The highest BCUT2D eigenvalue weighted by molar-refractivity contribution is 8.02. The molecule has 1 amide bonds. The van der Waals surface area contributed by atoms with Crippen LogP contribution in [0.5, 0.6) is 0 Å². The van der Waals surface area contributed by atoms with Gasteiger partial charge in [-0.3, -0.25) is 4.79 Å². The highest BCUT2D eigenvalue weighted by Gasteiger charge is 2.27. The van der Waals surface area contributed by atoms with Crippen LogP contribution in [0, 0.1) is 5.92 Å². The van der Waals surface area contributed by atoms with Crippen molar-refractivity contribution in [3.05, 3.63) is 0 Å². The summed E-state index contributed by atoms with van der Waals surface area (Å²) in [5.41, 5.74) is 0. The molecule has 120 valence electrons. The van der Waals surface area contributed by atoms with Crippen molar-refractivity contribution in [2.75, 3.05) is 18.4 Å². The zero-order chi connectivity index (χ0) is 16.0. The van der Waals surface area contributed by atoms with Crippen LogP contribution in [0.3, 0.4) is 0 Å². The molecule has 0 bridgehead atoms. The summed E-state index contributed by atoms with van der Waals surface area (Å²) in [6.07, 6.45) is -4.30. The van der Waals surface area contributed by atoms with E-state index < -0.39 is 12.7 Å². The summed E-state index contributed by atoms with van der Waals surface area (Å²) in [6.45, 7) is 5.11. The third-order valence-corrected chi connectivity index (χ3v) is 4.24. The number of alkyl halides is 3. The van der Waals surface area contributed by atoms with Crippen molar-refractivity contribution in [3.63, 3.8) is 0 Å². The van der Waals surface area contributed by atoms with E-state index in [2.05, 4.69) is 20.8 Å². The Balaban J connectivity index is 2.44. The predicted octanol–water partition coefficient (Wildman–Crippen LogP) is 2.77. The van der Waals surface area contributed by atoms with Crippen molar-refractivity contribution in [1.29, 1.82) is 0 Å². The maximum atomic E-state index is 12.0. The first-order valence-corrected chi connectivity index (χ1v) is 7.95. The number of rotatable bonds is 7. The molecule has 0 saturated heterocycles. The summed E-state index contributed by atoms with van der Waals surface area (Å²) in [7, 11) is 0. The van der Waals surface area contributed by atoms with Crippen LogP contribution >= 0.6 is 23.1 Å². The Morgan fingerprint density at radius 3 is 2.57 bits per heavy atom. The first-order chi connectivity index (χ1) is 9.67. The van der Waals surface area contributed by atoms with Gasteiger partial charge in [0.05, 0.1) is 5.25 Å². The van der Waals surface area contributed by atoms with E-state index in [-0.39, 0.29) is 16.3 Å². The second kappa shape index (κ2) is 7.83. The molecule has 21 heavy (non-hydrogen) atoms.